The number of carboxylic acids is 1. The van der Waals surface area contributed by atoms with Crippen molar-refractivity contribution in [1.29, 1.82) is 0 Å². The van der Waals surface area contributed by atoms with Gasteiger partial charge in [-0.15, -0.1) is 0 Å². The summed E-state index contributed by atoms with van der Waals surface area (Å²) in [4.78, 5) is 35.3. The summed E-state index contributed by atoms with van der Waals surface area (Å²) in [5.41, 5.74) is 0.636. The van der Waals surface area contributed by atoms with E-state index in [-0.39, 0.29) is 18.2 Å². The van der Waals surface area contributed by atoms with Gasteiger partial charge in [-0.2, -0.15) is 11.3 Å². The lowest BCUT2D eigenvalue weighted by Gasteiger charge is -2.16. The van der Waals surface area contributed by atoms with Crippen LogP contribution in [0.5, 0.6) is 0 Å². The maximum Gasteiger partial charge on any atom is 0.303 e. The van der Waals surface area contributed by atoms with Crippen molar-refractivity contribution in [3.8, 4) is 0 Å². The van der Waals surface area contributed by atoms with Crippen molar-refractivity contribution in [2.45, 2.75) is 25.7 Å². The molecule has 7 heteroatoms. The van der Waals surface area contributed by atoms with Crippen LogP contribution in [-0.2, 0) is 9.59 Å². The van der Waals surface area contributed by atoms with Crippen molar-refractivity contribution in [3.63, 3.8) is 0 Å². The Morgan fingerprint density at radius 1 is 1.29 bits per heavy atom. The maximum absolute atomic E-state index is 11.8. The Kier molecular flexibility index (Phi) is 7.45. The Bertz CT molecular complexity index is 473. The molecule has 1 aromatic rings. The summed E-state index contributed by atoms with van der Waals surface area (Å²) in [6.07, 6.45) is 1.42. The minimum atomic E-state index is -0.855. The highest BCUT2D eigenvalue weighted by atomic mass is 32.1. The van der Waals surface area contributed by atoms with Crippen molar-refractivity contribution in [1.82, 2.24) is 10.2 Å². The zero-order chi connectivity index (χ0) is 15.7. The van der Waals surface area contributed by atoms with Crippen LogP contribution in [0, 0.1) is 0 Å². The molecule has 0 aliphatic carbocycles. The van der Waals surface area contributed by atoms with Crippen LogP contribution in [0.4, 0.5) is 0 Å². The van der Waals surface area contributed by atoms with E-state index >= 15 is 0 Å². The van der Waals surface area contributed by atoms with E-state index in [0.717, 1.165) is 0 Å². The molecule has 0 radical (unpaired) electrons. The molecule has 21 heavy (non-hydrogen) atoms. The van der Waals surface area contributed by atoms with Gasteiger partial charge in [0.1, 0.15) is 0 Å². The van der Waals surface area contributed by atoms with Crippen molar-refractivity contribution < 1.29 is 19.5 Å². The van der Waals surface area contributed by atoms with E-state index in [1.807, 2.05) is 5.38 Å². The van der Waals surface area contributed by atoms with E-state index in [1.54, 1.807) is 18.5 Å². The number of amides is 2. The maximum atomic E-state index is 11.8. The van der Waals surface area contributed by atoms with Crippen molar-refractivity contribution in [2.75, 3.05) is 20.1 Å². The number of thiophene rings is 1. The van der Waals surface area contributed by atoms with E-state index in [1.165, 1.54) is 16.2 Å². The number of carbonyl (C=O) groups excluding carboxylic acids is 2. The first-order valence-corrected chi connectivity index (χ1v) is 7.71. The molecule has 1 heterocycles. The molecule has 0 aromatic carbocycles. The lowest BCUT2D eigenvalue weighted by molar-refractivity contribution is -0.138. The zero-order valence-corrected chi connectivity index (χ0v) is 12.8. The fourth-order valence-corrected chi connectivity index (χ4v) is 2.36. The van der Waals surface area contributed by atoms with Crippen LogP contribution in [0.15, 0.2) is 16.8 Å². The fourth-order valence-electron chi connectivity index (χ4n) is 1.72. The number of nitrogens with one attached hydrogen (secondary N) is 1. The van der Waals surface area contributed by atoms with Gasteiger partial charge in [0.15, 0.2) is 0 Å². The second-order valence-electron chi connectivity index (χ2n) is 4.68. The molecule has 1 aromatic heterocycles. The molecule has 0 saturated heterocycles. The highest BCUT2D eigenvalue weighted by molar-refractivity contribution is 7.08. The van der Waals surface area contributed by atoms with Gasteiger partial charge in [-0.25, -0.2) is 0 Å². The van der Waals surface area contributed by atoms with Crippen molar-refractivity contribution in [3.05, 3.63) is 22.4 Å². The lowest BCUT2D eigenvalue weighted by Crippen LogP contribution is -2.29. The average Bonchev–Trinajstić information content (AvgIpc) is 2.96. The monoisotopic (exact) mass is 312 g/mol. The van der Waals surface area contributed by atoms with Gasteiger partial charge in [0.05, 0.1) is 0 Å². The van der Waals surface area contributed by atoms with Gasteiger partial charge in [0.2, 0.25) is 5.91 Å². The van der Waals surface area contributed by atoms with Crippen molar-refractivity contribution >= 4 is 29.1 Å². The lowest BCUT2D eigenvalue weighted by atomic mass is 10.2. The first-order chi connectivity index (χ1) is 10.0. The van der Waals surface area contributed by atoms with Gasteiger partial charge >= 0.3 is 5.97 Å². The van der Waals surface area contributed by atoms with Crippen LogP contribution in [0.3, 0.4) is 0 Å². The van der Waals surface area contributed by atoms with E-state index in [0.29, 0.717) is 37.9 Å². The first kappa shape index (κ1) is 17.2. The zero-order valence-electron chi connectivity index (χ0n) is 12.0. The van der Waals surface area contributed by atoms with Gasteiger partial charge in [-0.1, -0.05) is 0 Å². The molecule has 0 spiro atoms. The Balaban J connectivity index is 2.12. The molecular weight excluding hydrogens is 292 g/mol. The predicted molar refractivity (Wildman–Crippen MR) is 80.4 cm³/mol. The Hall–Kier alpha value is -1.89. The summed E-state index contributed by atoms with van der Waals surface area (Å²) < 4.78 is 0. The Morgan fingerprint density at radius 2 is 2.05 bits per heavy atom. The Labute approximate surface area is 127 Å². The van der Waals surface area contributed by atoms with Crippen LogP contribution in [-0.4, -0.2) is 47.9 Å². The number of hydrogen-bond acceptors (Lipinski definition) is 4. The second kappa shape index (κ2) is 9.12. The summed E-state index contributed by atoms with van der Waals surface area (Å²) in [5.74, 6) is -1.02. The second-order valence-corrected chi connectivity index (χ2v) is 5.46. The number of hydrogen-bond donors (Lipinski definition) is 2. The largest absolute Gasteiger partial charge is 0.481 e. The molecule has 0 saturated carbocycles. The first-order valence-electron chi connectivity index (χ1n) is 6.77. The topological polar surface area (TPSA) is 86.7 Å². The summed E-state index contributed by atoms with van der Waals surface area (Å²) >= 11 is 1.46. The summed E-state index contributed by atoms with van der Waals surface area (Å²) in [6.45, 7) is 0.885. The third-order valence-electron chi connectivity index (χ3n) is 2.95. The van der Waals surface area contributed by atoms with Crippen LogP contribution in [0.1, 0.15) is 36.0 Å². The van der Waals surface area contributed by atoms with E-state index in [9.17, 15) is 14.4 Å². The molecular formula is C14H20N2O4S. The number of rotatable bonds is 9. The highest BCUT2D eigenvalue weighted by Crippen LogP contribution is 2.05. The van der Waals surface area contributed by atoms with Crippen LogP contribution in [0.25, 0.3) is 0 Å². The van der Waals surface area contributed by atoms with E-state index < -0.39 is 5.97 Å². The third kappa shape index (κ3) is 6.89. The Morgan fingerprint density at radius 3 is 2.67 bits per heavy atom. The van der Waals surface area contributed by atoms with Crippen LogP contribution < -0.4 is 5.32 Å². The number of aliphatic carboxylic acids is 1. The van der Waals surface area contributed by atoms with Gasteiger partial charge in [-0.05, 0) is 24.3 Å². The van der Waals surface area contributed by atoms with Gasteiger partial charge < -0.3 is 15.3 Å². The molecule has 2 amide bonds. The third-order valence-corrected chi connectivity index (χ3v) is 3.63. The molecule has 116 valence electrons. The van der Waals surface area contributed by atoms with Gasteiger partial charge in [0.25, 0.3) is 5.91 Å². The predicted octanol–water partition coefficient (Wildman–Crippen LogP) is 1.58. The number of nitrogens with zero attached hydrogens (tertiary/aromatic N) is 1. The molecule has 6 nitrogen and oxygen atoms in total. The molecule has 0 aliphatic heterocycles. The van der Waals surface area contributed by atoms with Gasteiger partial charge in [0, 0.05) is 43.9 Å². The van der Waals surface area contributed by atoms with Crippen LogP contribution >= 0.6 is 11.3 Å². The summed E-state index contributed by atoms with van der Waals surface area (Å²) in [5, 5.41) is 14.9. The minimum Gasteiger partial charge on any atom is -0.481 e. The SMILES string of the molecule is CN(CCCC(=O)O)C(=O)CCCNC(=O)c1ccsc1. The fraction of sp³-hybridized carbons (Fsp3) is 0.500. The van der Waals surface area contributed by atoms with Gasteiger partial charge in [-0.3, -0.25) is 14.4 Å². The summed E-state index contributed by atoms with van der Waals surface area (Å²) in [6, 6.07) is 1.75. The minimum absolute atomic E-state index is 0.0369. The molecule has 1 rings (SSSR count). The highest BCUT2D eigenvalue weighted by Gasteiger charge is 2.10. The molecule has 0 aliphatic rings. The molecule has 0 fully saturated rings. The molecule has 0 atom stereocenters. The molecule has 0 bridgehead atoms. The van der Waals surface area contributed by atoms with E-state index in [2.05, 4.69) is 5.32 Å². The van der Waals surface area contributed by atoms with E-state index in [4.69, 9.17) is 5.11 Å². The quantitative estimate of drug-likeness (QED) is 0.678. The van der Waals surface area contributed by atoms with Crippen molar-refractivity contribution in [2.24, 2.45) is 0 Å². The normalized spacial score (nSPS) is 10.1. The smallest absolute Gasteiger partial charge is 0.303 e. The van der Waals surface area contributed by atoms with Crippen LogP contribution in [0.2, 0.25) is 0 Å². The number of carboxylic acid groups (broad SMARTS) is 1. The standard InChI is InChI=1S/C14H20N2O4S/c1-16(8-3-5-13(18)19)12(17)4-2-7-15-14(20)11-6-9-21-10-11/h6,9-10H,2-5,7-8H2,1H3,(H,15,20)(H,18,19). The number of carbonyl (C=O) groups is 3. The molecule has 0 unspecified atom stereocenters. The summed E-state index contributed by atoms with van der Waals surface area (Å²) in [7, 11) is 1.66. The molecule has 2 N–H and O–H groups in total. The average molecular weight is 312 g/mol.